The van der Waals surface area contributed by atoms with E-state index in [1.54, 1.807) is 18.2 Å². The molecule has 0 atom stereocenters. The first kappa shape index (κ1) is 14.1. The van der Waals surface area contributed by atoms with Crippen molar-refractivity contribution < 1.29 is 9.66 Å². The van der Waals surface area contributed by atoms with Gasteiger partial charge in [-0.3, -0.25) is 10.1 Å². The van der Waals surface area contributed by atoms with Crippen LogP contribution in [0.4, 0.5) is 5.69 Å². The lowest BCUT2D eigenvalue weighted by atomic mass is 10.1. The van der Waals surface area contributed by atoms with E-state index < -0.39 is 4.92 Å². The summed E-state index contributed by atoms with van der Waals surface area (Å²) in [6, 6.07) is 14.1. The van der Waals surface area contributed by atoms with Crippen molar-refractivity contribution >= 4 is 5.69 Å². The van der Waals surface area contributed by atoms with Crippen LogP contribution < -0.4 is 4.74 Å². The van der Waals surface area contributed by atoms with Gasteiger partial charge >= 0.3 is 5.69 Å². The molecule has 0 aliphatic heterocycles. The maximum Gasteiger partial charge on any atom is 0.311 e. The van der Waals surface area contributed by atoms with Crippen LogP contribution in [0.3, 0.4) is 0 Å². The largest absolute Gasteiger partial charge is 0.450 e. The van der Waals surface area contributed by atoms with Gasteiger partial charge in [-0.05, 0) is 30.5 Å². The Bertz CT molecular complexity index is 596. The van der Waals surface area contributed by atoms with Gasteiger partial charge in [-0.15, -0.1) is 0 Å². The fraction of sp³-hybridized carbons (Fsp3) is 0.250. The second kappa shape index (κ2) is 6.70. The van der Waals surface area contributed by atoms with E-state index in [4.69, 9.17) is 4.74 Å². The Balaban J connectivity index is 2.28. The van der Waals surface area contributed by atoms with Crippen LogP contribution in [-0.2, 0) is 6.42 Å². The molecular weight excluding hydrogens is 254 g/mol. The van der Waals surface area contributed by atoms with Gasteiger partial charge < -0.3 is 4.74 Å². The number of hydrogen-bond acceptors (Lipinski definition) is 3. The molecule has 0 saturated carbocycles. The number of unbranched alkanes of at least 4 members (excludes halogenated alkanes) is 1. The number of nitro benzene ring substituents is 1. The number of aryl methyl sites for hydroxylation is 1. The number of benzene rings is 2. The Morgan fingerprint density at radius 3 is 2.40 bits per heavy atom. The van der Waals surface area contributed by atoms with Crippen molar-refractivity contribution in [2.45, 2.75) is 26.2 Å². The third-order valence-corrected chi connectivity index (χ3v) is 3.05. The van der Waals surface area contributed by atoms with Crippen molar-refractivity contribution in [3.8, 4) is 11.5 Å². The lowest BCUT2D eigenvalue weighted by molar-refractivity contribution is -0.385. The molecule has 0 bridgehead atoms. The summed E-state index contributed by atoms with van der Waals surface area (Å²) in [7, 11) is 0. The number of hydrogen-bond donors (Lipinski definition) is 0. The first-order chi connectivity index (χ1) is 9.72. The van der Waals surface area contributed by atoms with Gasteiger partial charge in [0.05, 0.1) is 4.92 Å². The molecule has 104 valence electrons. The van der Waals surface area contributed by atoms with Crippen LogP contribution in [0.1, 0.15) is 25.3 Å². The van der Waals surface area contributed by atoms with Crippen molar-refractivity contribution in [3.05, 3.63) is 64.2 Å². The monoisotopic (exact) mass is 271 g/mol. The van der Waals surface area contributed by atoms with Crippen LogP contribution in [0.5, 0.6) is 11.5 Å². The smallest absolute Gasteiger partial charge is 0.311 e. The van der Waals surface area contributed by atoms with E-state index in [0.29, 0.717) is 5.75 Å². The van der Waals surface area contributed by atoms with Crippen molar-refractivity contribution in [2.75, 3.05) is 0 Å². The summed E-state index contributed by atoms with van der Waals surface area (Å²) in [6.07, 6.45) is 3.07. The zero-order chi connectivity index (χ0) is 14.4. The van der Waals surface area contributed by atoms with Crippen molar-refractivity contribution in [1.82, 2.24) is 0 Å². The van der Waals surface area contributed by atoms with Gasteiger partial charge in [0.15, 0.2) is 0 Å². The number of para-hydroxylation sites is 3. The van der Waals surface area contributed by atoms with E-state index in [9.17, 15) is 10.1 Å². The highest BCUT2D eigenvalue weighted by Crippen LogP contribution is 2.32. The molecule has 4 heteroatoms. The van der Waals surface area contributed by atoms with Crippen molar-refractivity contribution in [2.24, 2.45) is 0 Å². The zero-order valence-electron chi connectivity index (χ0n) is 11.4. The minimum absolute atomic E-state index is 0.0159. The van der Waals surface area contributed by atoms with Gasteiger partial charge in [0.2, 0.25) is 5.75 Å². The highest BCUT2D eigenvalue weighted by Gasteiger charge is 2.15. The van der Waals surface area contributed by atoms with Crippen LogP contribution in [0.2, 0.25) is 0 Å². The van der Waals surface area contributed by atoms with Crippen LogP contribution in [0, 0.1) is 10.1 Å². The Hall–Kier alpha value is -2.36. The number of nitro groups is 1. The molecule has 0 fully saturated rings. The molecule has 2 rings (SSSR count). The standard InChI is InChI=1S/C16H17NO3/c1-2-3-8-13-9-4-6-11-15(13)20-16-12-7-5-10-14(16)17(18)19/h4-7,9-12H,2-3,8H2,1H3. The number of ether oxygens (including phenoxy) is 1. The normalized spacial score (nSPS) is 10.2. The van der Waals surface area contributed by atoms with Gasteiger partial charge in [0.25, 0.3) is 0 Å². The van der Waals surface area contributed by atoms with Gasteiger partial charge in [0, 0.05) is 6.07 Å². The van der Waals surface area contributed by atoms with E-state index in [-0.39, 0.29) is 11.4 Å². The van der Waals surface area contributed by atoms with Crippen LogP contribution >= 0.6 is 0 Å². The summed E-state index contributed by atoms with van der Waals surface area (Å²) in [6.45, 7) is 2.13. The third kappa shape index (κ3) is 3.35. The molecular formula is C16H17NO3. The maximum atomic E-state index is 11.0. The summed E-state index contributed by atoms with van der Waals surface area (Å²) in [5, 5.41) is 11.0. The molecule has 0 unspecified atom stereocenters. The molecule has 20 heavy (non-hydrogen) atoms. The van der Waals surface area contributed by atoms with E-state index in [2.05, 4.69) is 6.92 Å². The van der Waals surface area contributed by atoms with Gasteiger partial charge in [-0.1, -0.05) is 43.7 Å². The topological polar surface area (TPSA) is 52.4 Å². The highest BCUT2D eigenvalue weighted by atomic mass is 16.6. The molecule has 0 aromatic heterocycles. The molecule has 0 aliphatic carbocycles. The quantitative estimate of drug-likeness (QED) is 0.563. The van der Waals surface area contributed by atoms with E-state index in [1.807, 2.05) is 24.3 Å². The van der Waals surface area contributed by atoms with Gasteiger partial charge in [-0.25, -0.2) is 0 Å². The highest BCUT2D eigenvalue weighted by molar-refractivity contribution is 5.49. The van der Waals surface area contributed by atoms with E-state index in [1.165, 1.54) is 6.07 Å². The predicted octanol–water partition coefficient (Wildman–Crippen LogP) is 4.73. The van der Waals surface area contributed by atoms with E-state index >= 15 is 0 Å². The number of rotatable bonds is 6. The van der Waals surface area contributed by atoms with E-state index in [0.717, 1.165) is 24.8 Å². The first-order valence-corrected chi connectivity index (χ1v) is 6.71. The molecule has 0 radical (unpaired) electrons. The van der Waals surface area contributed by atoms with Crippen LogP contribution in [0.15, 0.2) is 48.5 Å². The minimum Gasteiger partial charge on any atom is -0.450 e. The van der Waals surface area contributed by atoms with Gasteiger partial charge in [0.1, 0.15) is 5.75 Å². The SMILES string of the molecule is CCCCc1ccccc1Oc1ccccc1[N+](=O)[O-]. The molecule has 2 aromatic rings. The van der Waals surface area contributed by atoms with Gasteiger partial charge in [-0.2, -0.15) is 0 Å². The molecule has 0 heterocycles. The lowest BCUT2D eigenvalue weighted by Crippen LogP contribution is -1.95. The lowest BCUT2D eigenvalue weighted by Gasteiger charge is -2.10. The van der Waals surface area contributed by atoms with Crippen LogP contribution in [0.25, 0.3) is 0 Å². The molecule has 0 N–H and O–H groups in total. The molecule has 0 aliphatic rings. The summed E-state index contributed by atoms with van der Waals surface area (Å²) < 4.78 is 5.76. The Morgan fingerprint density at radius 2 is 1.70 bits per heavy atom. The van der Waals surface area contributed by atoms with Crippen molar-refractivity contribution in [1.29, 1.82) is 0 Å². The fourth-order valence-corrected chi connectivity index (χ4v) is 1.99. The molecule has 2 aromatic carbocycles. The van der Waals surface area contributed by atoms with Crippen LogP contribution in [-0.4, -0.2) is 4.92 Å². The Morgan fingerprint density at radius 1 is 1.05 bits per heavy atom. The second-order valence-corrected chi connectivity index (χ2v) is 4.54. The first-order valence-electron chi connectivity index (χ1n) is 6.71. The maximum absolute atomic E-state index is 11.0. The summed E-state index contributed by atoms with van der Waals surface area (Å²) >= 11 is 0. The summed E-state index contributed by atoms with van der Waals surface area (Å²) in [5.41, 5.74) is 1.06. The molecule has 0 saturated heterocycles. The third-order valence-electron chi connectivity index (χ3n) is 3.05. The molecule has 4 nitrogen and oxygen atoms in total. The predicted molar refractivity (Wildman–Crippen MR) is 78.2 cm³/mol. The fourth-order valence-electron chi connectivity index (χ4n) is 1.99. The second-order valence-electron chi connectivity index (χ2n) is 4.54. The Labute approximate surface area is 118 Å². The Kier molecular flexibility index (Phi) is 4.71. The summed E-state index contributed by atoms with van der Waals surface area (Å²) in [4.78, 5) is 10.6. The minimum atomic E-state index is -0.427. The molecule has 0 spiro atoms. The molecule has 0 amide bonds. The number of nitrogens with zero attached hydrogens (tertiary/aromatic N) is 1. The average Bonchev–Trinajstić information content (AvgIpc) is 2.47. The summed E-state index contributed by atoms with van der Waals surface area (Å²) in [5.74, 6) is 0.969. The van der Waals surface area contributed by atoms with Crippen molar-refractivity contribution in [3.63, 3.8) is 0 Å². The average molecular weight is 271 g/mol. The zero-order valence-corrected chi connectivity index (χ0v) is 11.4.